The average Bonchev–Trinajstić information content (AvgIpc) is 2.67. The number of nitriles is 1. The van der Waals surface area contributed by atoms with Gasteiger partial charge in [0.05, 0.1) is 12.0 Å². The highest BCUT2D eigenvalue weighted by Crippen LogP contribution is 2.32. The number of hydrogen-bond acceptors (Lipinski definition) is 1. The lowest BCUT2D eigenvalue weighted by atomic mass is 9.89. The van der Waals surface area contributed by atoms with Crippen LogP contribution in [0.3, 0.4) is 0 Å². The smallest absolute Gasteiger partial charge is 0.0662 e. The normalized spacial score (nSPS) is 19.4. The van der Waals surface area contributed by atoms with Crippen molar-refractivity contribution in [1.82, 2.24) is 0 Å². The molecule has 1 heteroatoms. The van der Waals surface area contributed by atoms with Gasteiger partial charge in [-0.3, -0.25) is 0 Å². The van der Waals surface area contributed by atoms with Crippen LogP contribution in [-0.4, -0.2) is 0 Å². The third-order valence-electron chi connectivity index (χ3n) is 3.78. The van der Waals surface area contributed by atoms with Crippen LogP contribution in [0.1, 0.15) is 35.1 Å². The van der Waals surface area contributed by atoms with Crippen molar-refractivity contribution in [1.29, 1.82) is 5.26 Å². The number of rotatable bonds is 0. The van der Waals surface area contributed by atoms with Crippen molar-refractivity contribution in [2.75, 3.05) is 0 Å². The van der Waals surface area contributed by atoms with Crippen molar-refractivity contribution < 1.29 is 0 Å². The van der Waals surface area contributed by atoms with Crippen LogP contribution in [0.15, 0.2) is 12.1 Å². The van der Waals surface area contributed by atoms with E-state index in [1.54, 1.807) is 11.1 Å². The van der Waals surface area contributed by atoms with Crippen LogP contribution in [0.5, 0.6) is 0 Å². The molecule has 0 amide bonds. The molecule has 0 aromatic heterocycles. The van der Waals surface area contributed by atoms with E-state index in [0.29, 0.717) is 0 Å². The Morgan fingerprint density at radius 1 is 0.933 bits per heavy atom. The van der Waals surface area contributed by atoms with E-state index in [-0.39, 0.29) is 5.92 Å². The van der Waals surface area contributed by atoms with Crippen molar-refractivity contribution in [3.8, 4) is 6.07 Å². The maximum atomic E-state index is 8.95. The summed E-state index contributed by atoms with van der Waals surface area (Å²) in [5.41, 5.74) is 6.00. The third-order valence-corrected chi connectivity index (χ3v) is 3.78. The fourth-order valence-electron chi connectivity index (χ4n) is 2.96. The molecule has 3 rings (SSSR count). The lowest BCUT2D eigenvalue weighted by Gasteiger charge is -2.17. The van der Waals surface area contributed by atoms with Crippen LogP contribution in [0.4, 0.5) is 0 Å². The summed E-state index contributed by atoms with van der Waals surface area (Å²) in [5, 5.41) is 8.95. The molecular weight excluding hydrogens is 182 g/mol. The standard InChI is InChI=1S/C14H15N/c15-9-10-5-13-7-11-3-1-2-4-12(11)8-14(13)6-10/h7-8,10H,1-6H2. The van der Waals surface area contributed by atoms with Gasteiger partial charge in [-0.15, -0.1) is 0 Å². The van der Waals surface area contributed by atoms with Gasteiger partial charge in [0, 0.05) is 0 Å². The second-order valence-electron chi connectivity index (χ2n) is 4.83. The number of nitrogens with zero attached hydrogens (tertiary/aromatic N) is 1. The van der Waals surface area contributed by atoms with Gasteiger partial charge in [-0.25, -0.2) is 0 Å². The molecule has 0 spiro atoms. The zero-order valence-corrected chi connectivity index (χ0v) is 8.92. The SMILES string of the molecule is N#CC1Cc2cc3c(cc2C1)CCCC3. The molecular formula is C14H15N. The van der Waals surface area contributed by atoms with Crippen LogP contribution >= 0.6 is 0 Å². The summed E-state index contributed by atoms with van der Waals surface area (Å²) in [6.45, 7) is 0. The Morgan fingerprint density at radius 2 is 1.47 bits per heavy atom. The Kier molecular flexibility index (Phi) is 2.02. The summed E-state index contributed by atoms with van der Waals surface area (Å²) < 4.78 is 0. The molecule has 0 fully saturated rings. The largest absolute Gasteiger partial charge is 0.198 e. The predicted molar refractivity (Wildman–Crippen MR) is 59.6 cm³/mol. The van der Waals surface area contributed by atoms with Gasteiger partial charge in [-0.05, 0) is 60.8 Å². The van der Waals surface area contributed by atoms with Crippen LogP contribution < -0.4 is 0 Å². The minimum atomic E-state index is 0.240. The van der Waals surface area contributed by atoms with Gasteiger partial charge in [0.15, 0.2) is 0 Å². The summed E-state index contributed by atoms with van der Waals surface area (Å²) in [4.78, 5) is 0. The van der Waals surface area contributed by atoms with E-state index in [0.717, 1.165) is 12.8 Å². The molecule has 2 aliphatic carbocycles. The van der Waals surface area contributed by atoms with Crippen LogP contribution in [0.25, 0.3) is 0 Å². The molecule has 0 atom stereocenters. The zero-order valence-electron chi connectivity index (χ0n) is 8.92. The molecule has 0 radical (unpaired) electrons. The predicted octanol–water partition coefficient (Wildman–Crippen LogP) is 2.80. The summed E-state index contributed by atoms with van der Waals surface area (Å²) in [7, 11) is 0. The molecule has 1 nitrogen and oxygen atoms in total. The van der Waals surface area contributed by atoms with Crippen LogP contribution in [0.2, 0.25) is 0 Å². The Hall–Kier alpha value is -1.29. The average molecular weight is 197 g/mol. The van der Waals surface area contributed by atoms with Crippen molar-refractivity contribution in [2.45, 2.75) is 38.5 Å². The van der Waals surface area contributed by atoms with Gasteiger partial charge in [0.25, 0.3) is 0 Å². The molecule has 0 unspecified atom stereocenters. The van der Waals surface area contributed by atoms with Gasteiger partial charge in [0.1, 0.15) is 0 Å². The Labute approximate surface area is 90.7 Å². The molecule has 0 saturated carbocycles. The number of hydrogen-bond donors (Lipinski definition) is 0. The van der Waals surface area contributed by atoms with Crippen molar-refractivity contribution in [3.05, 3.63) is 34.4 Å². The summed E-state index contributed by atoms with van der Waals surface area (Å²) in [6, 6.07) is 7.15. The fourth-order valence-corrected chi connectivity index (χ4v) is 2.96. The number of aryl methyl sites for hydroxylation is 2. The Bertz CT molecular complexity index is 404. The molecule has 76 valence electrons. The van der Waals surface area contributed by atoms with Crippen LogP contribution in [0, 0.1) is 17.2 Å². The van der Waals surface area contributed by atoms with E-state index in [1.807, 2.05) is 0 Å². The molecule has 0 aliphatic heterocycles. The lowest BCUT2D eigenvalue weighted by Crippen LogP contribution is -2.03. The Morgan fingerprint density at radius 3 is 1.93 bits per heavy atom. The Balaban J connectivity index is 2.02. The molecule has 2 aliphatic rings. The highest BCUT2D eigenvalue weighted by Gasteiger charge is 2.23. The summed E-state index contributed by atoms with van der Waals surface area (Å²) >= 11 is 0. The van der Waals surface area contributed by atoms with E-state index in [2.05, 4.69) is 18.2 Å². The van der Waals surface area contributed by atoms with Gasteiger partial charge in [-0.1, -0.05) is 12.1 Å². The fraction of sp³-hybridized carbons (Fsp3) is 0.500. The van der Waals surface area contributed by atoms with Crippen LogP contribution in [-0.2, 0) is 25.7 Å². The molecule has 1 aromatic carbocycles. The molecule has 1 aromatic rings. The maximum absolute atomic E-state index is 8.95. The van der Waals surface area contributed by atoms with Gasteiger partial charge in [0.2, 0.25) is 0 Å². The highest BCUT2D eigenvalue weighted by molar-refractivity contribution is 5.43. The summed E-state index contributed by atoms with van der Waals surface area (Å²) in [5.74, 6) is 0.240. The monoisotopic (exact) mass is 197 g/mol. The molecule has 0 bridgehead atoms. The first-order valence-corrected chi connectivity index (χ1v) is 5.90. The molecule has 0 N–H and O–H groups in total. The first-order chi connectivity index (χ1) is 7.36. The number of benzene rings is 1. The minimum Gasteiger partial charge on any atom is -0.198 e. The van der Waals surface area contributed by atoms with E-state index in [9.17, 15) is 0 Å². The highest BCUT2D eigenvalue weighted by atomic mass is 14.3. The molecule has 15 heavy (non-hydrogen) atoms. The van der Waals surface area contributed by atoms with E-state index in [1.165, 1.54) is 36.8 Å². The topological polar surface area (TPSA) is 23.8 Å². The van der Waals surface area contributed by atoms with Gasteiger partial charge >= 0.3 is 0 Å². The second kappa shape index (κ2) is 3.38. The van der Waals surface area contributed by atoms with E-state index >= 15 is 0 Å². The third kappa shape index (κ3) is 1.45. The second-order valence-corrected chi connectivity index (χ2v) is 4.83. The van der Waals surface area contributed by atoms with Gasteiger partial charge in [-0.2, -0.15) is 5.26 Å². The zero-order chi connectivity index (χ0) is 10.3. The number of fused-ring (bicyclic) bond motifs is 2. The van der Waals surface area contributed by atoms with Gasteiger partial charge < -0.3 is 0 Å². The van der Waals surface area contributed by atoms with E-state index < -0.39 is 0 Å². The summed E-state index contributed by atoms with van der Waals surface area (Å²) in [6.07, 6.45) is 7.15. The maximum Gasteiger partial charge on any atom is 0.0662 e. The van der Waals surface area contributed by atoms with Crippen molar-refractivity contribution in [3.63, 3.8) is 0 Å². The molecule has 0 heterocycles. The molecule has 0 saturated heterocycles. The minimum absolute atomic E-state index is 0.240. The first-order valence-electron chi connectivity index (χ1n) is 5.90. The lowest BCUT2D eigenvalue weighted by molar-refractivity contribution is 0.684. The first kappa shape index (κ1) is 8.97. The van der Waals surface area contributed by atoms with Crippen molar-refractivity contribution >= 4 is 0 Å². The quantitative estimate of drug-likeness (QED) is 0.627. The van der Waals surface area contributed by atoms with Crippen molar-refractivity contribution in [2.24, 2.45) is 5.92 Å². The van der Waals surface area contributed by atoms with E-state index in [4.69, 9.17) is 5.26 Å².